The number of Topliss-reactive ketones (excluding diaryl/α,β-unsaturated/α-hetero) is 1. The first kappa shape index (κ1) is 14.1. The van der Waals surface area contributed by atoms with E-state index in [4.69, 9.17) is 4.74 Å². The number of carbonyl (C=O) groups excluding carboxylic acids is 2. The van der Waals surface area contributed by atoms with E-state index in [1.165, 1.54) is 6.92 Å². The maximum absolute atomic E-state index is 11.7. The summed E-state index contributed by atoms with van der Waals surface area (Å²) in [6.07, 6.45) is -0.642. The minimum Gasteiger partial charge on any atom is -0.502 e. The molecule has 0 amide bonds. The maximum atomic E-state index is 11.7. The Morgan fingerprint density at radius 3 is 2.27 bits per heavy atom. The molecule has 1 N–H and O–H groups in total. The van der Waals surface area contributed by atoms with Crippen molar-refractivity contribution in [2.75, 3.05) is 0 Å². The number of ketones is 1. The van der Waals surface area contributed by atoms with Crippen molar-refractivity contribution in [3.8, 4) is 0 Å². The molecule has 1 atom stereocenters. The van der Waals surface area contributed by atoms with Crippen LogP contribution in [0.2, 0.25) is 0 Å². The Balaban J connectivity index is 2.05. The number of cyclic esters (lactones) is 1. The Hall–Kier alpha value is -2.88. The summed E-state index contributed by atoms with van der Waals surface area (Å²) in [4.78, 5) is 23.1. The number of benzene rings is 2. The Kier molecular flexibility index (Phi) is 3.51. The van der Waals surface area contributed by atoms with Crippen LogP contribution in [0.3, 0.4) is 0 Å². The van der Waals surface area contributed by atoms with Crippen LogP contribution in [0.1, 0.15) is 34.5 Å². The minimum atomic E-state index is -0.737. The summed E-state index contributed by atoms with van der Waals surface area (Å²) in [7, 11) is 0. The Bertz CT molecular complexity index is 757. The third kappa shape index (κ3) is 2.39. The zero-order valence-corrected chi connectivity index (χ0v) is 11.9. The molecule has 2 aromatic carbocycles. The average molecular weight is 294 g/mol. The number of hydrogen-bond acceptors (Lipinski definition) is 4. The zero-order chi connectivity index (χ0) is 15.7. The number of carbonyl (C=O) groups is 2. The van der Waals surface area contributed by atoms with E-state index in [2.05, 4.69) is 0 Å². The molecule has 0 saturated heterocycles. The fourth-order valence-corrected chi connectivity index (χ4v) is 2.49. The van der Waals surface area contributed by atoms with Crippen LogP contribution in [0.4, 0.5) is 0 Å². The van der Waals surface area contributed by atoms with E-state index in [0.29, 0.717) is 16.7 Å². The monoisotopic (exact) mass is 294 g/mol. The van der Waals surface area contributed by atoms with Crippen molar-refractivity contribution in [2.24, 2.45) is 0 Å². The van der Waals surface area contributed by atoms with Crippen molar-refractivity contribution >= 4 is 17.3 Å². The molecule has 0 aliphatic carbocycles. The first-order valence-electron chi connectivity index (χ1n) is 6.88. The molecule has 0 radical (unpaired) electrons. The molecule has 1 unspecified atom stereocenters. The van der Waals surface area contributed by atoms with Crippen LogP contribution in [-0.4, -0.2) is 16.9 Å². The van der Waals surface area contributed by atoms with Gasteiger partial charge in [0.2, 0.25) is 5.76 Å². The van der Waals surface area contributed by atoms with Gasteiger partial charge in [-0.2, -0.15) is 0 Å². The molecule has 0 saturated carbocycles. The number of hydrogen-bond donors (Lipinski definition) is 1. The molecule has 0 fully saturated rings. The van der Waals surface area contributed by atoms with Crippen molar-refractivity contribution in [1.82, 2.24) is 0 Å². The molecule has 0 spiro atoms. The van der Waals surface area contributed by atoms with Crippen LogP contribution in [0.25, 0.3) is 5.57 Å². The number of rotatable bonds is 3. The largest absolute Gasteiger partial charge is 0.502 e. The van der Waals surface area contributed by atoms with Gasteiger partial charge in [0.1, 0.15) is 0 Å². The van der Waals surface area contributed by atoms with E-state index < -0.39 is 12.1 Å². The van der Waals surface area contributed by atoms with E-state index in [1.54, 1.807) is 24.3 Å². The highest BCUT2D eigenvalue weighted by atomic mass is 16.6. The van der Waals surface area contributed by atoms with Crippen LogP contribution < -0.4 is 0 Å². The van der Waals surface area contributed by atoms with Crippen LogP contribution in [0.5, 0.6) is 0 Å². The normalized spacial score (nSPS) is 17.5. The van der Waals surface area contributed by atoms with Crippen molar-refractivity contribution < 1.29 is 19.4 Å². The van der Waals surface area contributed by atoms with Crippen molar-refractivity contribution in [3.05, 3.63) is 77.0 Å². The summed E-state index contributed by atoms with van der Waals surface area (Å²) in [6.45, 7) is 1.49. The van der Waals surface area contributed by atoms with Crippen LogP contribution >= 0.6 is 0 Å². The molecule has 1 aliphatic heterocycles. The Morgan fingerprint density at radius 1 is 1.05 bits per heavy atom. The highest BCUT2D eigenvalue weighted by Gasteiger charge is 2.36. The van der Waals surface area contributed by atoms with E-state index in [1.807, 2.05) is 30.3 Å². The molecule has 22 heavy (non-hydrogen) atoms. The first-order valence-corrected chi connectivity index (χ1v) is 6.88. The summed E-state index contributed by atoms with van der Waals surface area (Å²) in [5, 5.41) is 10.1. The molecule has 4 heteroatoms. The van der Waals surface area contributed by atoms with Gasteiger partial charge in [0.25, 0.3) is 0 Å². The quantitative estimate of drug-likeness (QED) is 0.695. The smallest absolute Gasteiger partial charge is 0.374 e. The van der Waals surface area contributed by atoms with Gasteiger partial charge in [0, 0.05) is 5.56 Å². The molecule has 3 rings (SSSR count). The molecule has 4 nitrogen and oxygen atoms in total. The lowest BCUT2D eigenvalue weighted by atomic mass is 9.94. The summed E-state index contributed by atoms with van der Waals surface area (Å²) >= 11 is 0. The Morgan fingerprint density at radius 2 is 1.68 bits per heavy atom. The number of ether oxygens (including phenoxy) is 1. The van der Waals surface area contributed by atoms with Gasteiger partial charge in [-0.15, -0.1) is 0 Å². The molecule has 1 heterocycles. The van der Waals surface area contributed by atoms with Gasteiger partial charge >= 0.3 is 5.97 Å². The van der Waals surface area contributed by atoms with Gasteiger partial charge in [-0.3, -0.25) is 4.79 Å². The predicted octanol–water partition coefficient (Wildman–Crippen LogP) is 3.46. The molecular weight excluding hydrogens is 280 g/mol. The van der Waals surface area contributed by atoms with Gasteiger partial charge in [0.15, 0.2) is 11.9 Å². The second-order valence-electron chi connectivity index (χ2n) is 5.09. The zero-order valence-electron chi connectivity index (χ0n) is 11.9. The number of aliphatic hydroxyl groups is 1. The lowest BCUT2D eigenvalue weighted by Gasteiger charge is -2.14. The third-order valence-electron chi connectivity index (χ3n) is 3.64. The van der Waals surface area contributed by atoms with Gasteiger partial charge in [-0.25, -0.2) is 4.79 Å². The molecule has 110 valence electrons. The van der Waals surface area contributed by atoms with Gasteiger partial charge in [-0.1, -0.05) is 54.6 Å². The van der Waals surface area contributed by atoms with E-state index in [-0.39, 0.29) is 11.5 Å². The fourth-order valence-electron chi connectivity index (χ4n) is 2.49. The molecular formula is C18H14O4. The fraction of sp³-hybridized carbons (Fsp3) is 0.111. The molecule has 0 bridgehead atoms. The highest BCUT2D eigenvalue weighted by Crippen LogP contribution is 2.40. The van der Waals surface area contributed by atoms with Gasteiger partial charge in [0.05, 0.1) is 5.57 Å². The van der Waals surface area contributed by atoms with Gasteiger partial charge in [-0.05, 0) is 18.1 Å². The van der Waals surface area contributed by atoms with Crippen molar-refractivity contribution in [2.45, 2.75) is 13.0 Å². The first-order chi connectivity index (χ1) is 10.6. The average Bonchev–Trinajstić information content (AvgIpc) is 2.84. The summed E-state index contributed by atoms with van der Waals surface area (Å²) < 4.78 is 5.27. The van der Waals surface area contributed by atoms with E-state index >= 15 is 0 Å². The van der Waals surface area contributed by atoms with Crippen LogP contribution in [0, 0.1) is 0 Å². The SMILES string of the molecule is CC(=O)c1ccc(C2=C(O)C(=O)OC2c2ccccc2)cc1. The lowest BCUT2D eigenvalue weighted by Crippen LogP contribution is -2.03. The Labute approximate surface area is 127 Å². The topological polar surface area (TPSA) is 63.6 Å². The highest BCUT2D eigenvalue weighted by molar-refractivity contribution is 6.01. The number of aliphatic hydroxyl groups excluding tert-OH is 1. The van der Waals surface area contributed by atoms with Gasteiger partial charge < -0.3 is 9.84 Å². The number of esters is 1. The van der Waals surface area contributed by atoms with Crippen LogP contribution in [-0.2, 0) is 9.53 Å². The standard InChI is InChI=1S/C18H14O4/c1-11(19)12-7-9-13(10-8-12)15-16(20)18(21)22-17(15)14-5-3-2-4-6-14/h2-10,17,20H,1H3. The molecule has 0 aromatic heterocycles. The summed E-state index contributed by atoms with van der Waals surface area (Å²) in [5.74, 6) is -1.16. The lowest BCUT2D eigenvalue weighted by molar-refractivity contribution is -0.142. The van der Waals surface area contributed by atoms with E-state index in [9.17, 15) is 14.7 Å². The van der Waals surface area contributed by atoms with Crippen molar-refractivity contribution in [3.63, 3.8) is 0 Å². The third-order valence-corrected chi connectivity index (χ3v) is 3.64. The second kappa shape index (κ2) is 5.48. The van der Waals surface area contributed by atoms with E-state index in [0.717, 1.165) is 5.56 Å². The summed E-state index contributed by atoms with van der Waals surface area (Å²) in [6, 6.07) is 16.0. The predicted molar refractivity (Wildman–Crippen MR) is 81.3 cm³/mol. The van der Waals surface area contributed by atoms with Crippen LogP contribution in [0.15, 0.2) is 60.4 Å². The minimum absolute atomic E-state index is 0.0388. The maximum Gasteiger partial charge on any atom is 0.374 e. The summed E-state index contributed by atoms with van der Waals surface area (Å²) in [5.41, 5.74) is 2.43. The molecule has 1 aliphatic rings. The second-order valence-corrected chi connectivity index (χ2v) is 5.09. The van der Waals surface area contributed by atoms with Crippen molar-refractivity contribution in [1.29, 1.82) is 0 Å². The molecule has 2 aromatic rings.